The summed E-state index contributed by atoms with van der Waals surface area (Å²) in [7, 11) is 1.56. The van der Waals surface area contributed by atoms with Crippen molar-refractivity contribution < 1.29 is 9.53 Å². The van der Waals surface area contributed by atoms with Gasteiger partial charge in [-0.15, -0.1) is 0 Å². The van der Waals surface area contributed by atoms with E-state index < -0.39 is 0 Å². The van der Waals surface area contributed by atoms with Gasteiger partial charge in [0.05, 0.1) is 37.1 Å². The summed E-state index contributed by atoms with van der Waals surface area (Å²) in [6.45, 7) is 0. The van der Waals surface area contributed by atoms with Gasteiger partial charge in [-0.05, 0) is 12.1 Å². The maximum absolute atomic E-state index is 11.9. The lowest BCUT2D eigenvalue weighted by Crippen LogP contribution is -2.04. The highest BCUT2D eigenvalue weighted by Gasteiger charge is 2.25. The summed E-state index contributed by atoms with van der Waals surface area (Å²) in [4.78, 5) is 22.8. The molecule has 2 aromatic heterocycles. The SMILES string of the molecule is COc1cnc2c(c1)/C(=C/c1cnc[nH]1)C(=O)N2. The minimum atomic E-state index is -0.180. The van der Waals surface area contributed by atoms with Crippen LogP contribution in [-0.2, 0) is 4.79 Å². The van der Waals surface area contributed by atoms with E-state index in [2.05, 4.69) is 20.3 Å². The number of nitrogens with zero attached hydrogens (tertiary/aromatic N) is 2. The molecule has 1 aliphatic rings. The highest BCUT2D eigenvalue weighted by atomic mass is 16.5. The zero-order valence-corrected chi connectivity index (χ0v) is 9.60. The molecule has 0 atom stereocenters. The molecule has 2 aromatic rings. The largest absolute Gasteiger partial charge is 0.495 e. The summed E-state index contributed by atoms with van der Waals surface area (Å²) in [5, 5.41) is 2.70. The predicted octanol–water partition coefficient (Wildman–Crippen LogP) is 1.31. The zero-order chi connectivity index (χ0) is 12.5. The molecular weight excluding hydrogens is 232 g/mol. The number of nitrogens with one attached hydrogen (secondary N) is 2. The number of aromatic nitrogens is 3. The second-order valence-corrected chi connectivity index (χ2v) is 3.79. The van der Waals surface area contributed by atoms with Crippen LogP contribution in [0.4, 0.5) is 5.82 Å². The Morgan fingerprint density at radius 2 is 2.28 bits per heavy atom. The number of hydrogen-bond acceptors (Lipinski definition) is 4. The molecule has 6 nitrogen and oxygen atoms in total. The van der Waals surface area contributed by atoms with Gasteiger partial charge in [-0.3, -0.25) is 4.79 Å². The molecule has 0 saturated carbocycles. The molecular formula is C12H10N4O2. The van der Waals surface area contributed by atoms with Gasteiger partial charge in [0.2, 0.25) is 0 Å². The van der Waals surface area contributed by atoms with Crippen molar-refractivity contribution in [3.8, 4) is 5.75 Å². The Labute approximate surface area is 103 Å². The quantitative estimate of drug-likeness (QED) is 0.778. The predicted molar refractivity (Wildman–Crippen MR) is 65.9 cm³/mol. The molecule has 1 amide bonds. The van der Waals surface area contributed by atoms with Gasteiger partial charge in [-0.1, -0.05) is 0 Å². The molecule has 90 valence electrons. The van der Waals surface area contributed by atoms with Crippen molar-refractivity contribution in [3.05, 3.63) is 36.0 Å². The fourth-order valence-corrected chi connectivity index (χ4v) is 1.80. The minimum Gasteiger partial charge on any atom is -0.495 e. The van der Waals surface area contributed by atoms with Gasteiger partial charge < -0.3 is 15.0 Å². The van der Waals surface area contributed by atoms with E-state index in [9.17, 15) is 4.79 Å². The highest BCUT2D eigenvalue weighted by Crippen LogP contribution is 2.33. The summed E-state index contributed by atoms with van der Waals surface area (Å²) in [5.74, 6) is 0.979. The third-order valence-electron chi connectivity index (χ3n) is 2.68. The number of aromatic amines is 1. The number of amides is 1. The average Bonchev–Trinajstić information content (AvgIpc) is 2.99. The van der Waals surface area contributed by atoms with Crippen LogP contribution in [0, 0.1) is 0 Å². The van der Waals surface area contributed by atoms with Crippen LogP contribution in [0.5, 0.6) is 5.75 Å². The first-order valence-electron chi connectivity index (χ1n) is 5.34. The number of fused-ring (bicyclic) bond motifs is 1. The number of carbonyl (C=O) groups is 1. The normalized spacial score (nSPS) is 15.6. The van der Waals surface area contributed by atoms with E-state index in [0.717, 1.165) is 11.3 Å². The average molecular weight is 242 g/mol. The fourth-order valence-electron chi connectivity index (χ4n) is 1.80. The Kier molecular flexibility index (Phi) is 2.33. The van der Waals surface area contributed by atoms with Crippen molar-refractivity contribution in [3.63, 3.8) is 0 Å². The van der Waals surface area contributed by atoms with Gasteiger partial charge in [0.15, 0.2) is 0 Å². The summed E-state index contributed by atoms with van der Waals surface area (Å²) < 4.78 is 5.11. The van der Waals surface area contributed by atoms with Crippen molar-refractivity contribution in [2.24, 2.45) is 0 Å². The summed E-state index contributed by atoms with van der Waals surface area (Å²) in [5.41, 5.74) is 2.03. The first-order valence-corrected chi connectivity index (χ1v) is 5.34. The first-order chi connectivity index (χ1) is 8.78. The Morgan fingerprint density at radius 3 is 3.00 bits per heavy atom. The van der Waals surface area contributed by atoms with Crippen molar-refractivity contribution in [1.82, 2.24) is 15.0 Å². The number of H-pyrrole nitrogens is 1. The third-order valence-corrected chi connectivity index (χ3v) is 2.68. The molecule has 18 heavy (non-hydrogen) atoms. The maximum Gasteiger partial charge on any atom is 0.257 e. The molecule has 0 bridgehead atoms. The molecule has 0 fully saturated rings. The van der Waals surface area contributed by atoms with E-state index >= 15 is 0 Å². The van der Waals surface area contributed by atoms with Gasteiger partial charge in [-0.25, -0.2) is 9.97 Å². The van der Waals surface area contributed by atoms with Crippen LogP contribution in [-0.4, -0.2) is 28.0 Å². The van der Waals surface area contributed by atoms with Gasteiger partial charge in [0, 0.05) is 5.56 Å². The van der Waals surface area contributed by atoms with E-state index in [1.54, 1.807) is 38.0 Å². The molecule has 0 saturated heterocycles. The monoisotopic (exact) mass is 242 g/mol. The summed E-state index contributed by atoms with van der Waals surface area (Å²) in [6, 6.07) is 1.78. The Hall–Kier alpha value is -2.63. The molecule has 0 aromatic carbocycles. The van der Waals surface area contributed by atoms with Crippen LogP contribution in [0.25, 0.3) is 11.6 Å². The number of hydrogen-bond donors (Lipinski definition) is 2. The Morgan fingerprint density at radius 1 is 1.39 bits per heavy atom. The van der Waals surface area contributed by atoms with E-state index in [-0.39, 0.29) is 5.91 Å². The molecule has 0 spiro atoms. The van der Waals surface area contributed by atoms with Gasteiger partial charge in [0.25, 0.3) is 5.91 Å². The second-order valence-electron chi connectivity index (χ2n) is 3.79. The Balaban J connectivity index is 2.10. The van der Waals surface area contributed by atoms with Crippen molar-refractivity contribution in [2.75, 3.05) is 12.4 Å². The van der Waals surface area contributed by atoms with Crippen LogP contribution < -0.4 is 10.1 Å². The smallest absolute Gasteiger partial charge is 0.257 e. The van der Waals surface area contributed by atoms with E-state index in [1.165, 1.54) is 0 Å². The van der Waals surface area contributed by atoms with E-state index in [0.29, 0.717) is 17.1 Å². The number of methoxy groups -OCH3 is 1. The van der Waals surface area contributed by atoms with Crippen molar-refractivity contribution in [1.29, 1.82) is 0 Å². The third kappa shape index (κ3) is 1.64. The van der Waals surface area contributed by atoms with Crippen LogP contribution >= 0.6 is 0 Å². The number of ether oxygens (including phenoxy) is 1. The topological polar surface area (TPSA) is 79.9 Å². The van der Waals surface area contributed by atoms with E-state index in [4.69, 9.17) is 4.74 Å². The van der Waals surface area contributed by atoms with Crippen LogP contribution in [0.15, 0.2) is 24.8 Å². The number of rotatable bonds is 2. The Bertz CT molecular complexity index is 632. The number of imidazole rings is 1. The molecule has 0 aliphatic carbocycles. The zero-order valence-electron chi connectivity index (χ0n) is 9.60. The standard InChI is InChI=1S/C12H10N4O2/c1-18-8-3-9-10(2-7-4-13-6-15-7)12(17)16-11(9)14-5-8/h2-6H,1H3,(H,13,15)(H,14,16,17)/b10-2-. The first kappa shape index (κ1) is 10.5. The summed E-state index contributed by atoms with van der Waals surface area (Å²) >= 11 is 0. The molecule has 3 rings (SSSR count). The molecule has 6 heteroatoms. The van der Waals surface area contributed by atoms with Crippen LogP contribution in [0.2, 0.25) is 0 Å². The lowest BCUT2D eigenvalue weighted by molar-refractivity contribution is -0.110. The van der Waals surface area contributed by atoms with Gasteiger partial charge >= 0.3 is 0 Å². The van der Waals surface area contributed by atoms with Crippen molar-refractivity contribution in [2.45, 2.75) is 0 Å². The number of anilines is 1. The lowest BCUT2D eigenvalue weighted by Gasteiger charge is -2.01. The molecule has 1 aliphatic heterocycles. The molecule has 0 radical (unpaired) electrons. The minimum absolute atomic E-state index is 0.180. The molecule has 0 unspecified atom stereocenters. The molecule has 2 N–H and O–H groups in total. The fraction of sp³-hybridized carbons (Fsp3) is 0.0833. The van der Waals surface area contributed by atoms with Crippen LogP contribution in [0.1, 0.15) is 11.3 Å². The maximum atomic E-state index is 11.9. The highest BCUT2D eigenvalue weighted by molar-refractivity contribution is 6.34. The number of pyridine rings is 1. The van der Waals surface area contributed by atoms with Gasteiger partial charge in [-0.2, -0.15) is 0 Å². The second kappa shape index (κ2) is 3.99. The number of carbonyl (C=O) groups excluding carboxylic acids is 1. The summed E-state index contributed by atoms with van der Waals surface area (Å²) in [6.07, 6.45) is 6.50. The lowest BCUT2D eigenvalue weighted by atomic mass is 10.1. The molecule has 3 heterocycles. The van der Waals surface area contributed by atoms with Crippen molar-refractivity contribution >= 4 is 23.4 Å². The van der Waals surface area contributed by atoms with E-state index in [1.807, 2.05) is 0 Å². The van der Waals surface area contributed by atoms with Crippen LogP contribution in [0.3, 0.4) is 0 Å². The van der Waals surface area contributed by atoms with Gasteiger partial charge in [0.1, 0.15) is 11.6 Å².